The zero-order valence-electron chi connectivity index (χ0n) is 13.2. The van der Waals surface area contributed by atoms with Crippen LogP contribution in [0.1, 0.15) is 23.3 Å². The molecule has 3 aromatic heterocycles. The summed E-state index contributed by atoms with van der Waals surface area (Å²) in [6.45, 7) is 6.31. The van der Waals surface area contributed by atoms with Crippen LogP contribution in [-0.4, -0.2) is 33.4 Å². The van der Waals surface area contributed by atoms with Crippen LogP contribution < -0.4 is 10.6 Å². The van der Waals surface area contributed by atoms with Gasteiger partial charge in [0.2, 0.25) is 0 Å². The molecule has 3 rings (SSSR count). The van der Waals surface area contributed by atoms with Gasteiger partial charge in [-0.3, -0.25) is 4.40 Å². The lowest BCUT2D eigenvalue weighted by Crippen LogP contribution is -2.38. The molecular weight excluding hydrogens is 328 g/mol. The Morgan fingerprint density at radius 1 is 1.26 bits per heavy atom. The second-order valence-corrected chi connectivity index (χ2v) is 6.99. The van der Waals surface area contributed by atoms with Gasteiger partial charge in [-0.2, -0.15) is 0 Å². The van der Waals surface area contributed by atoms with Crippen molar-refractivity contribution >= 4 is 33.6 Å². The fourth-order valence-corrected chi connectivity index (χ4v) is 3.55. The SMILES string of the molecule is CCNC(=NCc1cn2ccsc2n1)NCCc1csc(C)n1. The van der Waals surface area contributed by atoms with Crippen LogP contribution in [0.25, 0.3) is 4.96 Å². The van der Waals surface area contributed by atoms with Crippen molar-refractivity contribution in [3.8, 4) is 0 Å². The second-order valence-electron chi connectivity index (χ2n) is 5.05. The molecule has 0 atom stereocenters. The van der Waals surface area contributed by atoms with Gasteiger partial charge in [0, 0.05) is 42.7 Å². The van der Waals surface area contributed by atoms with Crippen molar-refractivity contribution < 1.29 is 0 Å². The molecule has 6 nitrogen and oxygen atoms in total. The maximum Gasteiger partial charge on any atom is 0.193 e. The highest BCUT2D eigenvalue weighted by Gasteiger charge is 2.03. The highest BCUT2D eigenvalue weighted by atomic mass is 32.1. The Hall–Kier alpha value is -1.93. The Bertz CT molecular complexity index is 756. The minimum absolute atomic E-state index is 0.569. The van der Waals surface area contributed by atoms with E-state index in [9.17, 15) is 0 Å². The fourth-order valence-electron chi connectivity index (χ4n) is 2.19. The zero-order chi connectivity index (χ0) is 16.1. The largest absolute Gasteiger partial charge is 0.357 e. The van der Waals surface area contributed by atoms with Crippen LogP contribution in [0.5, 0.6) is 0 Å². The minimum Gasteiger partial charge on any atom is -0.357 e. The summed E-state index contributed by atoms with van der Waals surface area (Å²) in [6.07, 6.45) is 4.94. The molecule has 0 amide bonds. The van der Waals surface area contributed by atoms with Gasteiger partial charge in [0.1, 0.15) is 0 Å². The molecule has 2 N–H and O–H groups in total. The summed E-state index contributed by atoms with van der Waals surface area (Å²) in [4.78, 5) is 14.6. The van der Waals surface area contributed by atoms with Crippen molar-refractivity contribution in [1.29, 1.82) is 0 Å². The summed E-state index contributed by atoms with van der Waals surface area (Å²) in [5.41, 5.74) is 2.11. The predicted molar refractivity (Wildman–Crippen MR) is 96.4 cm³/mol. The monoisotopic (exact) mass is 348 g/mol. The van der Waals surface area contributed by atoms with E-state index in [0.29, 0.717) is 6.54 Å². The molecule has 0 saturated carbocycles. The van der Waals surface area contributed by atoms with E-state index in [0.717, 1.165) is 46.8 Å². The number of hydrogen-bond acceptors (Lipinski definition) is 5. The molecule has 0 aromatic carbocycles. The lowest BCUT2D eigenvalue weighted by Gasteiger charge is -2.10. The van der Waals surface area contributed by atoms with Crippen LogP contribution in [0.2, 0.25) is 0 Å². The van der Waals surface area contributed by atoms with Gasteiger partial charge in [0.25, 0.3) is 0 Å². The Morgan fingerprint density at radius 2 is 2.17 bits per heavy atom. The van der Waals surface area contributed by atoms with E-state index in [1.165, 1.54) is 0 Å². The topological polar surface area (TPSA) is 66.6 Å². The number of nitrogens with one attached hydrogen (secondary N) is 2. The highest BCUT2D eigenvalue weighted by Crippen LogP contribution is 2.11. The van der Waals surface area contributed by atoms with Gasteiger partial charge in [-0.25, -0.2) is 15.0 Å². The van der Waals surface area contributed by atoms with Crippen molar-refractivity contribution in [2.45, 2.75) is 26.8 Å². The molecule has 122 valence electrons. The zero-order valence-corrected chi connectivity index (χ0v) is 14.9. The minimum atomic E-state index is 0.569. The standard InChI is InChI=1S/C15H20N6S2/c1-3-16-14(17-5-4-12-10-23-11(2)19-12)18-8-13-9-21-6-7-22-15(21)20-13/h6-7,9-10H,3-5,8H2,1-2H3,(H2,16,17,18). The van der Waals surface area contributed by atoms with Gasteiger partial charge in [-0.15, -0.1) is 22.7 Å². The number of fused-ring (bicyclic) bond motifs is 1. The van der Waals surface area contributed by atoms with Gasteiger partial charge in [0.05, 0.1) is 22.9 Å². The molecule has 0 spiro atoms. The van der Waals surface area contributed by atoms with Crippen LogP contribution in [0.15, 0.2) is 28.1 Å². The van der Waals surface area contributed by atoms with E-state index in [4.69, 9.17) is 0 Å². The lowest BCUT2D eigenvalue weighted by atomic mass is 10.3. The number of imidazole rings is 1. The van der Waals surface area contributed by atoms with Crippen LogP contribution in [-0.2, 0) is 13.0 Å². The first-order valence-corrected chi connectivity index (χ1v) is 9.35. The molecular formula is C15H20N6S2. The van der Waals surface area contributed by atoms with Gasteiger partial charge in [-0.05, 0) is 13.8 Å². The third kappa shape index (κ3) is 4.29. The van der Waals surface area contributed by atoms with E-state index >= 15 is 0 Å². The van der Waals surface area contributed by atoms with Crippen molar-refractivity contribution in [2.75, 3.05) is 13.1 Å². The lowest BCUT2D eigenvalue weighted by molar-refractivity contribution is 0.788. The molecule has 3 aromatic rings. The number of aromatic nitrogens is 3. The van der Waals surface area contributed by atoms with E-state index < -0.39 is 0 Å². The predicted octanol–water partition coefficient (Wildman–Crippen LogP) is 2.46. The normalized spacial score (nSPS) is 12.0. The maximum atomic E-state index is 4.60. The maximum absolute atomic E-state index is 4.60. The number of thiazole rings is 2. The van der Waals surface area contributed by atoms with Gasteiger partial charge < -0.3 is 10.6 Å². The molecule has 0 radical (unpaired) electrons. The van der Waals surface area contributed by atoms with Crippen LogP contribution in [0.4, 0.5) is 0 Å². The number of rotatable bonds is 6. The van der Waals surface area contributed by atoms with E-state index in [1.54, 1.807) is 22.7 Å². The molecule has 0 fully saturated rings. The van der Waals surface area contributed by atoms with Crippen molar-refractivity contribution in [1.82, 2.24) is 25.0 Å². The quantitative estimate of drug-likeness (QED) is 0.530. The fraction of sp³-hybridized carbons (Fsp3) is 0.400. The first-order chi connectivity index (χ1) is 11.2. The van der Waals surface area contributed by atoms with E-state index in [2.05, 4.69) is 37.9 Å². The number of nitrogens with zero attached hydrogens (tertiary/aromatic N) is 4. The Labute approximate surface area is 143 Å². The van der Waals surface area contributed by atoms with Crippen molar-refractivity contribution in [3.05, 3.63) is 39.5 Å². The molecule has 8 heteroatoms. The molecule has 0 unspecified atom stereocenters. The van der Waals surface area contributed by atoms with E-state index in [1.807, 2.05) is 29.1 Å². The van der Waals surface area contributed by atoms with Crippen LogP contribution >= 0.6 is 22.7 Å². The smallest absolute Gasteiger partial charge is 0.193 e. The Balaban J connectivity index is 1.55. The average molecular weight is 349 g/mol. The third-order valence-corrected chi connectivity index (χ3v) is 4.82. The number of guanidine groups is 1. The summed E-state index contributed by atoms with van der Waals surface area (Å²) < 4.78 is 2.03. The molecule has 3 heterocycles. The molecule has 23 heavy (non-hydrogen) atoms. The summed E-state index contributed by atoms with van der Waals surface area (Å²) >= 11 is 3.32. The molecule has 0 aliphatic heterocycles. The summed E-state index contributed by atoms with van der Waals surface area (Å²) in [7, 11) is 0. The van der Waals surface area contributed by atoms with Crippen LogP contribution in [0.3, 0.4) is 0 Å². The summed E-state index contributed by atoms with van der Waals surface area (Å²) in [5.74, 6) is 0.816. The first-order valence-electron chi connectivity index (χ1n) is 7.59. The van der Waals surface area contributed by atoms with E-state index in [-0.39, 0.29) is 0 Å². The average Bonchev–Trinajstić information content (AvgIpc) is 3.21. The molecule has 0 saturated heterocycles. The molecule has 0 aliphatic carbocycles. The Morgan fingerprint density at radius 3 is 2.91 bits per heavy atom. The second kappa shape index (κ2) is 7.56. The molecule has 0 aliphatic rings. The van der Waals surface area contributed by atoms with Gasteiger partial charge in [-0.1, -0.05) is 0 Å². The third-order valence-electron chi connectivity index (χ3n) is 3.23. The number of hydrogen-bond donors (Lipinski definition) is 2. The van der Waals surface area contributed by atoms with Gasteiger partial charge in [0.15, 0.2) is 10.9 Å². The molecule has 0 bridgehead atoms. The Kier molecular flexibility index (Phi) is 5.24. The number of aliphatic imine (C=N–C) groups is 1. The number of aryl methyl sites for hydroxylation is 1. The van der Waals surface area contributed by atoms with Crippen molar-refractivity contribution in [3.63, 3.8) is 0 Å². The highest BCUT2D eigenvalue weighted by molar-refractivity contribution is 7.15. The van der Waals surface area contributed by atoms with Crippen LogP contribution in [0, 0.1) is 6.92 Å². The summed E-state index contributed by atoms with van der Waals surface area (Å²) in [5, 5.41) is 11.9. The van der Waals surface area contributed by atoms with Gasteiger partial charge >= 0.3 is 0 Å². The van der Waals surface area contributed by atoms with Crippen molar-refractivity contribution in [2.24, 2.45) is 4.99 Å². The summed E-state index contributed by atoms with van der Waals surface area (Å²) in [6, 6.07) is 0. The first kappa shape index (κ1) is 15.9.